The number of fused-ring (bicyclic) bond motifs is 2. The van der Waals surface area contributed by atoms with Crippen molar-refractivity contribution in [3.05, 3.63) is 52.5 Å². The van der Waals surface area contributed by atoms with Crippen LogP contribution in [-0.4, -0.2) is 39.7 Å². The van der Waals surface area contributed by atoms with Gasteiger partial charge in [0.15, 0.2) is 0 Å². The lowest BCUT2D eigenvalue weighted by atomic mass is 9.71. The fourth-order valence-corrected chi connectivity index (χ4v) is 5.37. The average Bonchev–Trinajstić information content (AvgIpc) is 3.16. The molecule has 4 heteroatoms. The Morgan fingerprint density at radius 1 is 1.28 bits per heavy atom. The van der Waals surface area contributed by atoms with Crippen LogP contribution >= 0.6 is 0 Å². The van der Waals surface area contributed by atoms with Crippen molar-refractivity contribution >= 4 is 10.9 Å². The van der Waals surface area contributed by atoms with Crippen LogP contribution in [0, 0.1) is 19.8 Å². The first-order valence-corrected chi connectivity index (χ1v) is 9.41. The zero-order valence-electron chi connectivity index (χ0n) is 15.3. The Bertz CT molecular complexity index is 915. The molecule has 3 heterocycles. The van der Waals surface area contributed by atoms with Gasteiger partial charge in [-0.15, -0.1) is 0 Å². The highest BCUT2D eigenvalue weighted by atomic mass is 15.1. The number of rotatable bonds is 2. The number of benzene rings is 1. The minimum Gasteiger partial charge on any atom is -0.361 e. The molecular weight excluding hydrogens is 308 g/mol. The molecule has 3 aromatic rings. The molecule has 1 saturated heterocycles. The lowest BCUT2D eigenvalue weighted by Crippen LogP contribution is -2.48. The molecular formula is C21H26N4. The Kier molecular flexibility index (Phi) is 3.32. The van der Waals surface area contributed by atoms with Crippen molar-refractivity contribution < 1.29 is 0 Å². The van der Waals surface area contributed by atoms with Gasteiger partial charge in [0, 0.05) is 41.3 Å². The molecule has 25 heavy (non-hydrogen) atoms. The topological polar surface area (TPSA) is 47.7 Å². The van der Waals surface area contributed by atoms with Crippen LogP contribution < -0.4 is 0 Å². The SMILES string of the molecule is Cc1n[nH]c(C)c1CC1C[C@@H]2c3cccc4[nH]cc(c34)C[C@H]2N(C)C1. The van der Waals surface area contributed by atoms with Gasteiger partial charge in [0.1, 0.15) is 0 Å². The third-order valence-electron chi connectivity index (χ3n) is 6.59. The number of nitrogens with one attached hydrogen (secondary N) is 2. The van der Waals surface area contributed by atoms with Crippen molar-refractivity contribution in [1.29, 1.82) is 0 Å². The highest BCUT2D eigenvalue weighted by Gasteiger charge is 2.39. The highest BCUT2D eigenvalue weighted by Crippen LogP contribution is 2.44. The Balaban J connectivity index is 1.50. The van der Waals surface area contributed by atoms with Gasteiger partial charge in [-0.1, -0.05) is 12.1 Å². The second kappa shape index (κ2) is 5.46. The Morgan fingerprint density at radius 2 is 2.16 bits per heavy atom. The van der Waals surface area contributed by atoms with Gasteiger partial charge in [-0.25, -0.2) is 0 Å². The molecule has 1 aliphatic carbocycles. The van der Waals surface area contributed by atoms with Gasteiger partial charge in [0.05, 0.1) is 5.69 Å². The van der Waals surface area contributed by atoms with E-state index in [1.807, 2.05) is 0 Å². The van der Waals surface area contributed by atoms with E-state index in [0.717, 1.165) is 6.42 Å². The van der Waals surface area contributed by atoms with Crippen molar-refractivity contribution in [3.63, 3.8) is 0 Å². The summed E-state index contributed by atoms with van der Waals surface area (Å²) in [5.74, 6) is 1.33. The largest absolute Gasteiger partial charge is 0.361 e. The fourth-order valence-electron chi connectivity index (χ4n) is 5.37. The lowest BCUT2D eigenvalue weighted by Gasteiger charge is -2.45. The number of hydrogen-bond donors (Lipinski definition) is 2. The fraction of sp³-hybridized carbons (Fsp3) is 0.476. The van der Waals surface area contributed by atoms with Gasteiger partial charge in [0.25, 0.3) is 0 Å². The van der Waals surface area contributed by atoms with Crippen LogP contribution in [0.1, 0.15) is 40.4 Å². The summed E-state index contributed by atoms with van der Waals surface area (Å²) < 4.78 is 0. The number of aromatic nitrogens is 3. The van der Waals surface area contributed by atoms with Gasteiger partial charge in [-0.05, 0) is 68.8 Å². The van der Waals surface area contributed by atoms with E-state index in [-0.39, 0.29) is 0 Å². The molecule has 4 nitrogen and oxygen atoms in total. The smallest absolute Gasteiger partial charge is 0.0626 e. The Labute approximate surface area is 148 Å². The monoisotopic (exact) mass is 334 g/mol. The molecule has 0 spiro atoms. The van der Waals surface area contributed by atoms with Gasteiger partial charge in [0.2, 0.25) is 0 Å². The summed E-state index contributed by atoms with van der Waals surface area (Å²) in [4.78, 5) is 6.09. The van der Waals surface area contributed by atoms with Gasteiger partial charge in [-0.2, -0.15) is 5.10 Å². The summed E-state index contributed by atoms with van der Waals surface area (Å²) in [5.41, 5.74) is 8.19. The molecule has 2 N–H and O–H groups in total. The molecule has 0 radical (unpaired) electrons. The number of piperidine rings is 1. The first-order valence-electron chi connectivity index (χ1n) is 9.41. The molecule has 1 aliphatic heterocycles. The molecule has 3 atom stereocenters. The molecule has 0 amide bonds. The third kappa shape index (κ3) is 2.27. The van der Waals surface area contributed by atoms with Crippen LogP contribution in [0.15, 0.2) is 24.4 Å². The molecule has 0 bridgehead atoms. The van der Waals surface area contributed by atoms with Crippen LogP contribution in [0.5, 0.6) is 0 Å². The van der Waals surface area contributed by atoms with Crippen LogP contribution in [0.25, 0.3) is 10.9 Å². The second-order valence-corrected chi connectivity index (χ2v) is 8.12. The van der Waals surface area contributed by atoms with Gasteiger partial charge in [-0.3, -0.25) is 5.10 Å². The zero-order chi connectivity index (χ0) is 17.1. The first kappa shape index (κ1) is 15.2. The quantitative estimate of drug-likeness (QED) is 0.750. The number of hydrogen-bond acceptors (Lipinski definition) is 2. The predicted octanol–water partition coefficient (Wildman–Crippen LogP) is 3.71. The number of likely N-dealkylation sites (N-methyl/N-ethyl adjacent to an activating group) is 1. The van der Waals surface area contributed by atoms with Crippen molar-refractivity contribution in [3.8, 4) is 0 Å². The normalized spacial score (nSPS) is 26.1. The van der Waals surface area contributed by atoms with E-state index in [2.05, 4.69) is 65.4 Å². The van der Waals surface area contributed by atoms with E-state index in [1.165, 1.54) is 52.8 Å². The van der Waals surface area contributed by atoms with E-state index >= 15 is 0 Å². The first-order chi connectivity index (χ1) is 12.1. The van der Waals surface area contributed by atoms with Gasteiger partial charge < -0.3 is 9.88 Å². The van der Waals surface area contributed by atoms with Crippen molar-refractivity contribution in [1.82, 2.24) is 20.1 Å². The standard InChI is InChI=1S/C21H26N4/c1-12-17(13(2)24-23-12)7-14-8-18-16-5-4-6-19-21(16)15(10-22-19)9-20(18)25(3)11-14/h4-6,10,14,18,20,22H,7-9,11H2,1-3H3,(H,23,24)/t14?,18-,20-/m1/s1. The van der Waals surface area contributed by atoms with Crippen LogP contribution in [0.2, 0.25) is 0 Å². The number of H-pyrrole nitrogens is 2. The summed E-state index contributed by atoms with van der Waals surface area (Å²) in [7, 11) is 2.32. The summed E-state index contributed by atoms with van der Waals surface area (Å²) in [6, 6.07) is 7.43. The van der Waals surface area contributed by atoms with Crippen molar-refractivity contribution in [2.45, 2.75) is 45.1 Å². The third-order valence-corrected chi connectivity index (χ3v) is 6.59. The Hall–Kier alpha value is -2.07. The molecule has 1 fully saturated rings. The van der Waals surface area contributed by atoms with Crippen LogP contribution in [0.3, 0.4) is 0 Å². The minimum absolute atomic E-state index is 0.636. The molecule has 0 saturated carbocycles. The van der Waals surface area contributed by atoms with Gasteiger partial charge >= 0.3 is 0 Å². The molecule has 2 aliphatic rings. The second-order valence-electron chi connectivity index (χ2n) is 8.12. The number of likely N-dealkylation sites (tertiary alicyclic amines) is 1. The van der Waals surface area contributed by atoms with E-state index in [1.54, 1.807) is 5.56 Å². The molecule has 5 rings (SSSR count). The predicted molar refractivity (Wildman–Crippen MR) is 101 cm³/mol. The maximum Gasteiger partial charge on any atom is 0.0626 e. The maximum absolute atomic E-state index is 4.39. The Morgan fingerprint density at radius 3 is 2.96 bits per heavy atom. The number of nitrogens with zero attached hydrogens (tertiary/aromatic N) is 2. The molecule has 2 aromatic heterocycles. The molecule has 1 unspecified atom stereocenters. The van der Waals surface area contributed by atoms with Crippen LogP contribution in [0.4, 0.5) is 0 Å². The minimum atomic E-state index is 0.636. The average molecular weight is 334 g/mol. The van der Waals surface area contributed by atoms with E-state index in [9.17, 15) is 0 Å². The van der Waals surface area contributed by atoms with E-state index < -0.39 is 0 Å². The zero-order valence-corrected chi connectivity index (χ0v) is 15.3. The van der Waals surface area contributed by atoms with E-state index in [0.29, 0.717) is 17.9 Å². The number of aryl methyl sites for hydroxylation is 2. The lowest BCUT2D eigenvalue weighted by molar-refractivity contribution is 0.112. The van der Waals surface area contributed by atoms with Crippen molar-refractivity contribution in [2.75, 3.05) is 13.6 Å². The maximum atomic E-state index is 4.39. The molecule has 130 valence electrons. The highest BCUT2D eigenvalue weighted by molar-refractivity contribution is 5.88. The van der Waals surface area contributed by atoms with Crippen LogP contribution in [-0.2, 0) is 12.8 Å². The summed E-state index contributed by atoms with van der Waals surface area (Å²) in [6.45, 7) is 5.46. The number of aromatic amines is 2. The summed E-state index contributed by atoms with van der Waals surface area (Å²) in [6.07, 6.45) is 5.82. The van der Waals surface area contributed by atoms with E-state index in [4.69, 9.17) is 0 Å². The summed E-state index contributed by atoms with van der Waals surface area (Å²) >= 11 is 0. The summed E-state index contributed by atoms with van der Waals surface area (Å²) in [5, 5.41) is 9.04. The van der Waals surface area contributed by atoms with Crippen molar-refractivity contribution in [2.24, 2.45) is 5.92 Å². The molecule has 1 aromatic carbocycles.